The average Bonchev–Trinajstić information content (AvgIpc) is 2.12. The van der Waals surface area contributed by atoms with Crippen molar-refractivity contribution < 1.29 is 48.2 Å². The van der Waals surface area contributed by atoms with Gasteiger partial charge in [0.1, 0.15) is 0 Å². The smallest absolute Gasteiger partial charge is 0.331 e. The van der Waals surface area contributed by atoms with E-state index < -0.39 is 42.6 Å². The van der Waals surface area contributed by atoms with Gasteiger partial charge in [0.05, 0.1) is 0 Å². The predicted molar refractivity (Wildman–Crippen MR) is 42.7 cm³/mol. The molecule has 0 saturated carbocycles. The first kappa shape index (κ1) is 15.8. The highest BCUT2D eigenvalue weighted by molar-refractivity contribution is 7.89. The molecular formula is C4H2F4O7S2. The van der Waals surface area contributed by atoms with Crippen LogP contribution in [-0.2, 0) is 25.0 Å². The summed E-state index contributed by atoms with van der Waals surface area (Å²) in [6.45, 7) is 0. The van der Waals surface area contributed by atoms with E-state index in [0.29, 0.717) is 0 Å². The van der Waals surface area contributed by atoms with Crippen molar-refractivity contribution in [3.63, 3.8) is 0 Å². The second-order valence-electron chi connectivity index (χ2n) is 2.15. The summed E-state index contributed by atoms with van der Waals surface area (Å²) >= 11 is 0. The third-order valence-corrected chi connectivity index (χ3v) is 2.17. The summed E-state index contributed by atoms with van der Waals surface area (Å²) in [6.07, 6.45) is 0. The van der Waals surface area contributed by atoms with Gasteiger partial charge in [0, 0.05) is 0 Å². The predicted octanol–water partition coefficient (Wildman–Crippen LogP) is 0.910. The van der Waals surface area contributed by atoms with Gasteiger partial charge in [-0.25, -0.2) is 0 Å². The Labute approximate surface area is 91.5 Å². The molecule has 0 fully saturated rings. The summed E-state index contributed by atoms with van der Waals surface area (Å²) in [7, 11) is -11.4. The molecule has 0 aliphatic carbocycles. The van der Waals surface area contributed by atoms with Crippen LogP contribution in [0.25, 0.3) is 0 Å². The third kappa shape index (κ3) is 4.68. The minimum Gasteiger partial charge on any atom is -0.398 e. The zero-order chi connectivity index (χ0) is 14.0. The van der Waals surface area contributed by atoms with E-state index in [0.717, 1.165) is 0 Å². The standard InChI is InChI=1S/C4H2F4O7S2/c5-1(3(7)16(9,10)11)15-2(6)4(8)17(12,13)14/h(H,9,10,11)(H,12,13,14). The molecule has 0 aromatic rings. The number of rotatable bonds is 4. The molecule has 0 unspecified atom stereocenters. The Kier molecular flexibility index (Phi) is 4.64. The first-order valence-corrected chi connectivity index (χ1v) is 5.98. The second-order valence-corrected chi connectivity index (χ2v) is 4.76. The Balaban J connectivity index is 5.42. The fourth-order valence-electron chi connectivity index (χ4n) is 0.362. The Morgan fingerprint density at radius 3 is 1.18 bits per heavy atom. The average molecular weight is 302 g/mol. The molecule has 0 aliphatic heterocycles. The second kappa shape index (κ2) is 4.99. The first-order chi connectivity index (χ1) is 7.37. The van der Waals surface area contributed by atoms with Crippen molar-refractivity contribution in [1.82, 2.24) is 0 Å². The van der Waals surface area contributed by atoms with Crippen LogP contribution in [0.3, 0.4) is 0 Å². The van der Waals surface area contributed by atoms with E-state index in [2.05, 4.69) is 4.74 Å². The van der Waals surface area contributed by atoms with Gasteiger partial charge in [-0.15, -0.1) is 0 Å². The fraction of sp³-hybridized carbons (Fsp3) is 0. The summed E-state index contributed by atoms with van der Waals surface area (Å²) in [4.78, 5) is 0. The maximum absolute atomic E-state index is 12.3. The monoisotopic (exact) mass is 302 g/mol. The topological polar surface area (TPSA) is 118 Å². The van der Waals surface area contributed by atoms with Gasteiger partial charge in [-0.3, -0.25) is 9.11 Å². The Bertz CT molecular complexity index is 519. The highest BCUT2D eigenvalue weighted by Gasteiger charge is 2.27. The van der Waals surface area contributed by atoms with Gasteiger partial charge in [-0.05, 0) is 0 Å². The van der Waals surface area contributed by atoms with Crippen molar-refractivity contribution in [1.29, 1.82) is 0 Å². The molecule has 0 aliphatic rings. The van der Waals surface area contributed by atoms with Crippen molar-refractivity contribution in [2.75, 3.05) is 0 Å². The molecule has 0 aromatic heterocycles. The Hall–Kier alpha value is -1.18. The molecule has 0 radical (unpaired) electrons. The van der Waals surface area contributed by atoms with Crippen molar-refractivity contribution in [2.45, 2.75) is 0 Å². The molecule has 0 saturated heterocycles. The van der Waals surface area contributed by atoms with Crippen LogP contribution in [-0.4, -0.2) is 25.9 Å². The summed E-state index contributed by atoms with van der Waals surface area (Å²) in [5.41, 5.74) is 0. The molecule has 100 valence electrons. The molecule has 7 nitrogen and oxygen atoms in total. The largest absolute Gasteiger partial charge is 0.398 e. The molecule has 0 spiro atoms. The van der Waals surface area contributed by atoms with Gasteiger partial charge in [0.25, 0.3) is 0 Å². The minimum absolute atomic E-state index is 2.82. The molecule has 2 N–H and O–H groups in total. The van der Waals surface area contributed by atoms with Crippen LogP contribution < -0.4 is 0 Å². The SMILES string of the molecule is O=S(=O)(O)C(F)=C(F)OC(F)=C(F)S(=O)(=O)O. The van der Waals surface area contributed by atoms with Crippen molar-refractivity contribution in [2.24, 2.45) is 0 Å². The van der Waals surface area contributed by atoms with Crippen LogP contribution in [0, 0.1) is 0 Å². The van der Waals surface area contributed by atoms with Gasteiger partial charge < -0.3 is 4.74 Å². The lowest BCUT2D eigenvalue weighted by Crippen LogP contribution is -2.04. The summed E-state index contributed by atoms with van der Waals surface area (Å²) in [5, 5.41) is -6.04. The lowest BCUT2D eigenvalue weighted by Gasteiger charge is -2.00. The lowest BCUT2D eigenvalue weighted by atomic mass is 10.9. The highest BCUT2D eigenvalue weighted by atomic mass is 32.2. The van der Waals surface area contributed by atoms with Crippen molar-refractivity contribution in [3.8, 4) is 0 Å². The van der Waals surface area contributed by atoms with E-state index in [-0.39, 0.29) is 0 Å². The van der Waals surface area contributed by atoms with Gasteiger partial charge in [-0.2, -0.15) is 34.4 Å². The van der Waals surface area contributed by atoms with Gasteiger partial charge in [-0.1, -0.05) is 0 Å². The van der Waals surface area contributed by atoms with Crippen LogP contribution in [0.4, 0.5) is 17.6 Å². The summed E-state index contributed by atoms with van der Waals surface area (Å²) < 4.78 is 107. The highest BCUT2D eigenvalue weighted by Crippen LogP contribution is 2.22. The van der Waals surface area contributed by atoms with Crippen molar-refractivity contribution >= 4 is 20.2 Å². The van der Waals surface area contributed by atoms with Crippen LogP contribution in [0.1, 0.15) is 0 Å². The Morgan fingerprint density at radius 1 is 0.765 bits per heavy atom. The van der Waals surface area contributed by atoms with E-state index in [1.807, 2.05) is 0 Å². The van der Waals surface area contributed by atoms with E-state index in [1.165, 1.54) is 0 Å². The zero-order valence-electron chi connectivity index (χ0n) is 7.26. The number of halogens is 4. The molecule has 13 heteroatoms. The maximum atomic E-state index is 12.3. The van der Waals surface area contributed by atoms with Crippen LogP contribution in [0.5, 0.6) is 0 Å². The fourth-order valence-corrected chi connectivity index (χ4v) is 0.851. The third-order valence-electron chi connectivity index (χ3n) is 0.941. The van der Waals surface area contributed by atoms with Crippen molar-refractivity contribution in [3.05, 3.63) is 22.3 Å². The van der Waals surface area contributed by atoms with Gasteiger partial charge in [0.2, 0.25) is 0 Å². The molecule has 0 heterocycles. The number of ether oxygens (including phenoxy) is 1. The maximum Gasteiger partial charge on any atom is 0.331 e. The van der Waals surface area contributed by atoms with Crippen LogP contribution in [0.15, 0.2) is 22.3 Å². The van der Waals surface area contributed by atoms with E-state index in [4.69, 9.17) is 9.11 Å². The number of hydrogen-bond acceptors (Lipinski definition) is 5. The molecule has 0 rings (SSSR count). The molecule has 0 atom stereocenters. The van der Waals surface area contributed by atoms with Crippen LogP contribution >= 0.6 is 0 Å². The van der Waals surface area contributed by atoms with E-state index in [9.17, 15) is 34.4 Å². The molecule has 0 amide bonds. The quantitative estimate of drug-likeness (QED) is 0.450. The zero-order valence-corrected chi connectivity index (χ0v) is 8.90. The Morgan fingerprint density at radius 2 is 1.00 bits per heavy atom. The van der Waals surface area contributed by atoms with E-state index >= 15 is 0 Å². The minimum atomic E-state index is -5.72. The van der Waals surface area contributed by atoms with Crippen LogP contribution in [0.2, 0.25) is 0 Å². The summed E-state index contributed by atoms with van der Waals surface area (Å²) in [5.74, 6) is 0. The lowest BCUT2D eigenvalue weighted by molar-refractivity contribution is 0.138. The molecular weight excluding hydrogens is 300 g/mol. The molecule has 0 bridgehead atoms. The van der Waals surface area contributed by atoms with E-state index in [1.54, 1.807) is 0 Å². The van der Waals surface area contributed by atoms with Gasteiger partial charge >= 0.3 is 42.6 Å². The normalized spacial score (nSPS) is 16.1. The molecule has 17 heavy (non-hydrogen) atoms. The first-order valence-electron chi connectivity index (χ1n) is 3.10. The summed E-state index contributed by atoms with van der Waals surface area (Å²) in [6, 6.07) is -5.94. The molecule has 0 aromatic carbocycles. The van der Waals surface area contributed by atoms with Gasteiger partial charge in [0.15, 0.2) is 0 Å². The number of hydrogen-bond donors (Lipinski definition) is 2.